The summed E-state index contributed by atoms with van der Waals surface area (Å²) in [6.45, 7) is -4.21. The number of aliphatic carboxylic acids is 1. The molecule has 2 atom stereocenters. The molecule has 0 fully saturated rings. The maximum absolute atomic E-state index is 11.7. The molecule has 20 heavy (non-hydrogen) atoms. The number of carboxylic acids is 1. The third kappa shape index (κ3) is 8.36. The Kier molecular flexibility index (Phi) is 6.96. The Balaban J connectivity index is 4.68. The molecule has 1 N–H and O–H groups in total. The minimum atomic E-state index is -4.94. The summed E-state index contributed by atoms with van der Waals surface area (Å²) >= 11 is 0. The summed E-state index contributed by atoms with van der Waals surface area (Å²) in [5.41, 5.74) is 0. The van der Waals surface area contributed by atoms with Crippen LogP contribution in [0.2, 0.25) is 0 Å². The van der Waals surface area contributed by atoms with Crippen LogP contribution in [0.3, 0.4) is 0 Å². The Morgan fingerprint density at radius 2 is 1.25 bits per heavy atom. The van der Waals surface area contributed by atoms with Crippen molar-refractivity contribution in [2.24, 2.45) is 0 Å². The fraction of sp³-hybridized carbons (Fsp3) is 0.833. The zero-order valence-electron chi connectivity index (χ0n) is 9.14. The molecular formula is C6H6F6O6P2+2. The molecule has 0 spiro atoms. The Morgan fingerprint density at radius 3 is 1.45 bits per heavy atom. The van der Waals surface area contributed by atoms with Crippen molar-refractivity contribution in [2.45, 2.75) is 17.8 Å². The van der Waals surface area contributed by atoms with E-state index in [0.717, 1.165) is 0 Å². The molecule has 0 rings (SSSR count). The zero-order chi connectivity index (χ0) is 16.1. The third-order valence-electron chi connectivity index (χ3n) is 1.33. The maximum Gasteiger partial charge on any atom is 0.580 e. The average molecular weight is 350 g/mol. The van der Waals surface area contributed by atoms with Gasteiger partial charge in [0.2, 0.25) is 0 Å². The molecule has 0 radical (unpaired) electrons. The van der Waals surface area contributed by atoms with Crippen molar-refractivity contribution in [3.05, 3.63) is 0 Å². The Morgan fingerprint density at radius 1 is 0.950 bits per heavy atom. The first kappa shape index (κ1) is 19.2. The average Bonchev–Trinajstić information content (AvgIpc) is 2.21. The molecule has 0 aromatic rings. The fourth-order valence-electron chi connectivity index (χ4n) is 0.672. The van der Waals surface area contributed by atoms with Crippen LogP contribution in [-0.2, 0) is 23.0 Å². The van der Waals surface area contributed by atoms with E-state index < -0.39 is 53.0 Å². The van der Waals surface area contributed by atoms with Crippen molar-refractivity contribution in [1.82, 2.24) is 0 Å². The van der Waals surface area contributed by atoms with Gasteiger partial charge in [0.25, 0.3) is 0 Å². The van der Waals surface area contributed by atoms with Gasteiger partial charge >= 0.3 is 39.8 Å². The SMILES string of the molecule is O=C(O)C([P+](=O)OCC(F)(F)F)[P+](=O)OCC(F)(F)F. The van der Waals surface area contributed by atoms with Gasteiger partial charge in [0.1, 0.15) is 0 Å². The van der Waals surface area contributed by atoms with Crippen molar-refractivity contribution in [2.75, 3.05) is 13.2 Å². The molecule has 0 aliphatic carbocycles. The molecule has 116 valence electrons. The summed E-state index contributed by atoms with van der Waals surface area (Å²) in [7, 11) is -7.36. The van der Waals surface area contributed by atoms with Crippen LogP contribution in [-0.4, -0.2) is 42.0 Å². The van der Waals surface area contributed by atoms with Crippen LogP contribution in [0.15, 0.2) is 0 Å². The molecule has 0 bridgehead atoms. The number of hydrogen-bond donors (Lipinski definition) is 1. The third-order valence-corrected chi connectivity index (χ3v) is 4.47. The predicted octanol–water partition coefficient (Wildman–Crippen LogP) is 3.04. The molecule has 6 nitrogen and oxygen atoms in total. The quantitative estimate of drug-likeness (QED) is 0.561. The highest BCUT2D eigenvalue weighted by molar-refractivity contribution is 7.60. The summed E-state index contributed by atoms with van der Waals surface area (Å²) in [5, 5.41) is 5.85. The van der Waals surface area contributed by atoms with Crippen LogP contribution in [0.1, 0.15) is 0 Å². The lowest BCUT2D eigenvalue weighted by Crippen LogP contribution is -2.20. The van der Waals surface area contributed by atoms with E-state index in [4.69, 9.17) is 5.11 Å². The second-order valence-corrected chi connectivity index (χ2v) is 6.16. The summed E-state index contributed by atoms with van der Waals surface area (Å²) < 4.78 is 99.9. The van der Waals surface area contributed by atoms with Gasteiger partial charge in [0.05, 0.1) is 0 Å². The fourth-order valence-corrected chi connectivity index (χ4v) is 2.88. The van der Waals surface area contributed by atoms with Gasteiger partial charge in [-0.25, -0.2) is 4.79 Å². The summed E-state index contributed by atoms with van der Waals surface area (Å²) in [4.78, 5) is 10.5. The van der Waals surface area contributed by atoms with Gasteiger partial charge in [0, 0.05) is 0 Å². The molecular weight excluding hydrogens is 344 g/mol. The van der Waals surface area contributed by atoms with Gasteiger partial charge < -0.3 is 5.11 Å². The molecule has 0 aliphatic heterocycles. The Labute approximate surface area is 108 Å². The van der Waals surface area contributed by atoms with Gasteiger partial charge in [-0.2, -0.15) is 26.3 Å². The van der Waals surface area contributed by atoms with E-state index in [0.29, 0.717) is 0 Å². The molecule has 2 unspecified atom stereocenters. The molecule has 0 amide bonds. The molecule has 0 heterocycles. The van der Waals surface area contributed by atoms with Gasteiger partial charge in [-0.05, 0) is 9.13 Å². The second-order valence-electron chi connectivity index (χ2n) is 3.06. The highest BCUT2D eigenvalue weighted by atomic mass is 31.2. The van der Waals surface area contributed by atoms with Gasteiger partial charge in [-0.15, -0.1) is 9.05 Å². The van der Waals surface area contributed by atoms with Crippen molar-refractivity contribution < 1.29 is 54.4 Å². The van der Waals surface area contributed by atoms with E-state index >= 15 is 0 Å². The molecule has 0 saturated heterocycles. The van der Waals surface area contributed by atoms with Gasteiger partial charge in [0.15, 0.2) is 13.2 Å². The van der Waals surface area contributed by atoms with Crippen molar-refractivity contribution in [3.63, 3.8) is 0 Å². The number of carbonyl (C=O) groups is 1. The lowest BCUT2D eigenvalue weighted by molar-refractivity contribution is -0.154. The van der Waals surface area contributed by atoms with Crippen molar-refractivity contribution in [3.8, 4) is 0 Å². The number of alkyl halides is 6. The molecule has 0 aromatic carbocycles. The standard InChI is InChI=1S/C6H5F6O6P2/c7-5(8,9)1-17-19(15)4(3(13)14)20(16)18-2-6(10,11)12/h4H,1-2H2/q+1/p+1. The minimum Gasteiger partial charge on any atom is -0.474 e. The van der Waals surface area contributed by atoms with Crippen LogP contribution in [0.25, 0.3) is 0 Å². The lowest BCUT2D eigenvalue weighted by atomic mass is 10.7. The minimum absolute atomic E-state index is 2.10. The maximum atomic E-state index is 11.7. The molecule has 14 heteroatoms. The largest absolute Gasteiger partial charge is 0.580 e. The summed E-state index contributed by atoms with van der Waals surface area (Å²) in [5.74, 6) is -2.17. The summed E-state index contributed by atoms with van der Waals surface area (Å²) in [6, 6.07) is 0. The normalized spacial score (nSPS) is 15.7. The van der Waals surface area contributed by atoms with Crippen LogP contribution >= 0.6 is 16.1 Å². The first-order valence-electron chi connectivity index (χ1n) is 4.38. The van der Waals surface area contributed by atoms with E-state index in [-0.39, 0.29) is 0 Å². The van der Waals surface area contributed by atoms with E-state index in [2.05, 4.69) is 9.05 Å². The smallest absolute Gasteiger partial charge is 0.474 e. The first-order chi connectivity index (χ1) is 8.83. The van der Waals surface area contributed by atoms with Gasteiger partial charge in [-0.3, -0.25) is 0 Å². The second kappa shape index (κ2) is 7.26. The lowest BCUT2D eigenvalue weighted by Gasteiger charge is -2.00. The van der Waals surface area contributed by atoms with Crippen LogP contribution < -0.4 is 0 Å². The molecule has 0 saturated carbocycles. The number of halogens is 6. The van der Waals surface area contributed by atoms with E-state index in [1.807, 2.05) is 0 Å². The van der Waals surface area contributed by atoms with E-state index in [9.17, 15) is 40.3 Å². The highest BCUT2D eigenvalue weighted by Crippen LogP contribution is 2.47. The van der Waals surface area contributed by atoms with Crippen molar-refractivity contribution >= 4 is 22.0 Å². The van der Waals surface area contributed by atoms with E-state index in [1.165, 1.54) is 0 Å². The van der Waals surface area contributed by atoms with Crippen LogP contribution in [0.4, 0.5) is 26.3 Å². The Hall–Kier alpha value is -0.830. The summed E-state index contributed by atoms with van der Waals surface area (Å²) in [6.07, 6.45) is -9.88. The van der Waals surface area contributed by atoms with Crippen molar-refractivity contribution in [1.29, 1.82) is 0 Å². The number of rotatable bonds is 7. The van der Waals surface area contributed by atoms with E-state index in [1.54, 1.807) is 0 Å². The molecule has 0 aromatic heterocycles. The molecule has 0 aliphatic rings. The zero-order valence-corrected chi connectivity index (χ0v) is 10.9. The Bertz CT molecular complexity index is 362. The van der Waals surface area contributed by atoms with Crippen LogP contribution in [0, 0.1) is 0 Å². The topological polar surface area (TPSA) is 89.9 Å². The van der Waals surface area contributed by atoms with Gasteiger partial charge in [-0.1, -0.05) is 0 Å². The number of hydrogen-bond acceptors (Lipinski definition) is 5. The first-order valence-corrected chi connectivity index (χ1v) is 6.87. The van der Waals surface area contributed by atoms with Crippen LogP contribution in [0.5, 0.6) is 0 Å². The predicted molar refractivity (Wildman–Crippen MR) is 50.7 cm³/mol. The number of carboxylic acid groups (broad SMARTS) is 1. The highest BCUT2D eigenvalue weighted by Gasteiger charge is 2.60. The monoisotopic (exact) mass is 350 g/mol.